The Bertz CT molecular complexity index is 724. The van der Waals surface area contributed by atoms with Gasteiger partial charge in [0.25, 0.3) is 0 Å². The highest BCUT2D eigenvalue weighted by molar-refractivity contribution is 7.72. The fraction of sp³-hybridized carbons (Fsp3) is 0. The van der Waals surface area contributed by atoms with E-state index in [9.17, 15) is 27.4 Å². The summed E-state index contributed by atoms with van der Waals surface area (Å²) in [4.78, 5) is 68.1. The van der Waals surface area contributed by atoms with E-state index in [1.807, 2.05) is 0 Å². The Balaban J connectivity index is -0.0000000436. The zero-order valence-corrected chi connectivity index (χ0v) is 24.6. The third-order valence-electron chi connectivity index (χ3n) is 1.04. The first-order valence-electron chi connectivity index (χ1n) is 4.52. The molecule has 0 heterocycles. The summed E-state index contributed by atoms with van der Waals surface area (Å²) in [5.74, 6) is 0. The highest BCUT2D eigenvalue weighted by Gasteiger charge is 2.48. The van der Waals surface area contributed by atoms with Gasteiger partial charge >= 0.3 is 46.9 Å². The SMILES string of the molecule is N.N.N.N.N.N.N.N.N.N.N.N.O=P(O)(O)OP(=O)(O)OP(=O)(O)OP(=O)(O)OP(=O)(O)OP(=O)(O)O. The van der Waals surface area contributed by atoms with Crippen molar-refractivity contribution in [3.63, 3.8) is 0 Å². The normalized spacial score (nSPS) is 15.6. The van der Waals surface area contributed by atoms with Gasteiger partial charge in [-0.1, -0.05) is 0 Å². The van der Waals surface area contributed by atoms with E-state index in [2.05, 4.69) is 21.6 Å². The van der Waals surface area contributed by atoms with Crippen LogP contribution in [0.1, 0.15) is 0 Å². The summed E-state index contributed by atoms with van der Waals surface area (Å²) in [7, 11) is -36.2. The molecule has 0 radical (unpaired) electrons. The third kappa shape index (κ3) is 46.6. The second kappa shape index (κ2) is 26.6. The maximum atomic E-state index is 11.2. The van der Waals surface area contributed by atoms with Crippen LogP contribution >= 0.6 is 46.9 Å². The maximum Gasteiger partial charge on any atom is 0.490 e. The first-order valence-corrected chi connectivity index (χ1v) is 13.6. The molecule has 0 amide bonds. The van der Waals surface area contributed by atoms with Crippen molar-refractivity contribution in [2.45, 2.75) is 0 Å². The summed E-state index contributed by atoms with van der Waals surface area (Å²) >= 11 is 0. The Labute approximate surface area is 209 Å². The first-order chi connectivity index (χ1) is 10.5. The lowest BCUT2D eigenvalue weighted by molar-refractivity contribution is 0.184. The lowest BCUT2D eigenvalue weighted by atomic mass is 14.0. The first kappa shape index (κ1) is 83.2. The summed E-state index contributed by atoms with van der Waals surface area (Å²) < 4.78 is 80.4. The van der Waals surface area contributed by atoms with E-state index in [1.165, 1.54) is 0 Å². The van der Waals surface area contributed by atoms with Gasteiger partial charge in [0.05, 0.1) is 0 Å². The number of hydrogen-bond donors (Lipinski definition) is 20. The molecule has 0 saturated carbocycles. The van der Waals surface area contributed by atoms with Gasteiger partial charge in [-0.25, -0.2) is 27.4 Å². The van der Waals surface area contributed by atoms with E-state index in [0.717, 1.165) is 0 Å². The van der Waals surface area contributed by atoms with Crippen LogP contribution in [0.25, 0.3) is 0 Å². The summed E-state index contributed by atoms with van der Waals surface area (Å²) in [6.45, 7) is 0. The molecule has 0 aromatic heterocycles. The van der Waals surface area contributed by atoms with E-state index in [-0.39, 0.29) is 73.8 Å². The second-order valence-corrected chi connectivity index (χ2v) is 12.2. The minimum atomic E-state index is -6.26. The average Bonchev–Trinajstić information content (AvgIpc) is 1.97. The lowest BCUT2D eigenvalue weighted by Gasteiger charge is -2.19. The molecule has 4 unspecified atom stereocenters. The van der Waals surface area contributed by atoms with Crippen LogP contribution in [0, 0.1) is 0 Å². The van der Waals surface area contributed by atoms with Crippen LogP contribution < -0.4 is 73.8 Å². The van der Waals surface area contributed by atoms with Crippen molar-refractivity contribution in [3.8, 4) is 0 Å². The molecular weight excluding hydrogens is 658 g/mol. The van der Waals surface area contributed by atoms with E-state index in [4.69, 9.17) is 39.1 Å². The highest BCUT2D eigenvalue weighted by Crippen LogP contribution is 2.74. The predicted molar refractivity (Wildman–Crippen MR) is 129 cm³/mol. The number of phosphoric acid groups is 6. The van der Waals surface area contributed by atoms with Crippen LogP contribution in [-0.2, 0) is 48.9 Å². The van der Waals surface area contributed by atoms with E-state index >= 15 is 0 Å². The second-order valence-electron chi connectivity index (χ2n) is 3.26. The Kier molecular flexibility index (Phi) is 59.8. The average molecular weight is 702 g/mol. The minimum Gasteiger partial charge on any atom is -0.344 e. The number of hydrogen-bond acceptors (Lipinski definition) is 23. The molecule has 37 heteroatoms. The largest absolute Gasteiger partial charge is 0.490 e. The standard InChI is InChI=1S/12H3N.H8O19P6/c;;;;;;;;;;;;1-20(2,3)15-22(7,8)17-24(11,12)19-25(13,14)18-23(9,10)16-21(4,5)6/h12*1H3;(H,7,8)(H,9,10)(H,11,12)(H,13,14)(H2,1,2,3)(H2,4,5,6). The van der Waals surface area contributed by atoms with Crippen LogP contribution in [0.15, 0.2) is 0 Å². The van der Waals surface area contributed by atoms with Crippen LogP contribution in [0.3, 0.4) is 0 Å². The van der Waals surface area contributed by atoms with Gasteiger partial charge in [-0.15, -0.1) is 0 Å². The van der Waals surface area contributed by atoms with Crippen LogP contribution in [0.5, 0.6) is 0 Å². The van der Waals surface area contributed by atoms with Crippen LogP contribution in [-0.4, -0.2) is 39.1 Å². The quantitative estimate of drug-likeness (QED) is 0.144. The van der Waals surface area contributed by atoms with Gasteiger partial charge in [0.2, 0.25) is 0 Å². The predicted octanol–water partition coefficient (Wildman–Crippen LogP) is 1.60. The lowest BCUT2D eigenvalue weighted by Crippen LogP contribution is -1.98. The van der Waals surface area contributed by atoms with E-state index in [1.54, 1.807) is 0 Å². The fourth-order valence-corrected chi connectivity index (χ4v) is 7.55. The van der Waals surface area contributed by atoms with Gasteiger partial charge in [0, 0.05) is 0 Å². The Morgan fingerprint density at radius 3 is 0.486 bits per heavy atom. The third-order valence-corrected chi connectivity index (χ3v) is 9.34. The zero-order valence-electron chi connectivity index (χ0n) is 19.2. The van der Waals surface area contributed by atoms with Gasteiger partial charge in [-0.3, -0.25) is 0 Å². The van der Waals surface area contributed by atoms with Crippen molar-refractivity contribution in [1.82, 2.24) is 73.8 Å². The molecule has 44 N–H and O–H groups in total. The molecule has 4 atom stereocenters. The molecule has 0 aromatic carbocycles. The highest BCUT2D eigenvalue weighted by atomic mass is 31.3. The van der Waals surface area contributed by atoms with Crippen molar-refractivity contribution in [2.75, 3.05) is 0 Å². The zero-order chi connectivity index (χ0) is 20.5. The molecule has 0 spiro atoms. The van der Waals surface area contributed by atoms with E-state index in [0.29, 0.717) is 0 Å². The van der Waals surface area contributed by atoms with Crippen LogP contribution in [0.4, 0.5) is 0 Å². The molecule has 0 bridgehead atoms. The van der Waals surface area contributed by atoms with Gasteiger partial charge in [0.1, 0.15) is 0 Å². The molecule has 248 valence electrons. The van der Waals surface area contributed by atoms with Gasteiger partial charge in [-0.2, -0.15) is 21.6 Å². The van der Waals surface area contributed by atoms with Gasteiger partial charge in [-0.05, 0) is 0 Å². The minimum absolute atomic E-state index is 0. The van der Waals surface area contributed by atoms with Crippen molar-refractivity contribution >= 4 is 46.9 Å². The molecule has 37 heavy (non-hydrogen) atoms. The molecule has 0 aliphatic heterocycles. The smallest absolute Gasteiger partial charge is 0.344 e. The number of rotatable bonds is 10. The molecular formula is H44N12O19P6. The fourth-order valence-electron chi connectivity index (χ4n) is 0.720. The van der Waals surface area contributed by atoms with Crippen molar-refractivity contribution < 1.29 is 88.1 Å². The monoisotopic (exact) mass is 702 g/mol. The summed E-state index contributed by atoms with van der Waals surface area (Å²) in [5, 5.41) is 0. The van der Waals surface area contributed by atoms with Crippen LogP contribution in [0.2, 0.25) is 0 Å². The maximum absolute atomic E-state index is 11.2. The molecule has 0 fully saturated rings. The van der Waals surface area contributed by atoms with Crippen molar-refractivity contribution in [3.05, 3.63) is 0 Å². The summed E-state index contributed by atoms with van der Waals surface area (Å²) in [6, 6.07) is 0. The van der Waals surface area contributed by atoms with Crippen molar-refractivity contribution in [2.24, 2.45) is 0 Å². The molecule has 0 aliphatic carbocycles. The Morgan fingerprint density at radius 2 is 0.378 bits per heavy atom. The van der Waals surface area contributed by atoms with Gasteiger partial charge in [0.15, 0.2) is 0 Å². The van der Waals surface area contributed by atoms with Crippen molar-refractivity contribution in [1.29, 1.82) is 0 Å². The Hall–Kier alpha value is 0.380. The summed E-state index contributed by atoms with van der Waals surface area (Å²) in [6.07, 6.45) is 0. The van der Waals surface area contributed by atoms with E-state index < -0.39 is 46.9 Å². The topological polar surface area (TPSA) is 730 Å². The molecule has 31 nitrogen and oxygen atoms in total. The Morgan fingerprint density at radius 1 is 0.270 bits per heavy atom. The summed E-state index contributed by atoms with van der Waals surface area (Å²) in [5.41, 5.74) is 0. The van der Waals surface area contributed by atoms with Gasteiger partial charge < -0.3 is 113 Å². The molecule has 0 saturated heterocycles. The molecule has 0 rings (SSSR count). The molecule has 0 aliphatic rings. The molecule has 0 aromatic rings.